The van der Waals surface area contributed by atoms with Gasteiger partial charge in [-0.2, -0.15) is 0 Å². The van der Waals surface area contributed by atoms with Crippen LogP contribution < -0.4 is 0 Å². The van der Waals surface area contributed by atoms with Crippen LogP contribution in [0.25, 0.3) is 0 Å². The van der Waals surface area contributed by atoms with E-state index in [0.29, 0.717) is 0 Å². The maximum Gasteiger partial charge on any atom is 0.184 e. The first-order valence-electron chi connectivity index (χ1n) is 5.31. The molecule has 2 saturated heterocycles. The first kappa shape index (κ1) is 12.2. The van der Waals surface area contributed by atoms with Gasteiger partial charge >= 0.3 is 0 Å². The first-order valence-corrected chi connectivity index (χ1v) is 5.31. The lowest BCUT2D eigenvalue weighted by molar-refractivity contribution is -0.270. The highest BCUT2D eigenvalue weighted by molar-refractivity contribution is 4.96. The van der Waals surface area contributed by atoms with Gasteiger partial charge in [0.15, 0.2) is 12.1 Å². The summed E-state index contributed by atoms with van der Waals surface area (Å²) >= 11 is 0. The Kier molecular flexibility index (Phi) is 3.22. The number of ether oxygens (including phenoxy) is 4. The van der Waals surface area contributed by atoms with E-state index in [1.165, 1.54) is 7.11 Å². The van der Waals surface area contributed by atoms with Crippen LogP contribution >= 0.6 is 0 Å². The Bertz CT molecular complexity index is 256. The molecule has 2 aliphatic heterocycles. The normalized spacial score (nSPS) is 46.7. The van der Waals surface area contributed by atoms with Crippen molar-refractivity contribution in [2.75, 3.05) is 13.7 Å². The molecule has 5 atom stereocenters. The van der Waals surface area contributed by atoms with Crippen LogP contribution in [0.3, 0.4) is 0 Å². The van der Waals surface area contributed by atoms with Crippen molar-refractivity contribution in [2.24, 2.45) is 0 Å². The highest BCUT2D eigenvalue weighted by Crippen LogP contribution is 2.37. The molecule has 0 unspecified atom stereocenters. The van der Waals surface area contributed by atoms with Gasteiger partial charge in [0.1, 0.15) is 24.4 Å². The molecule has 0 amide bonds. The third kappa shape index (κ3) is 1.97. The molecule has 2 aliphatic rings. The van der Waals surface area contributed by atoms with Gasteiger partial charge in [-0.3, -0.25) is 0 Å². The van der Waals surface area contributed by atoms with E-state index in [1.807, 2.05) is 0 Å². The standard InChI is InChI=1S/C10H18O6/c1-10(2)15-6-5(4-11)14-9(12)8(13-3)7(6)16-10/h5-9,11-12H,4H2,1-3H3/t5-,6+,7+,8-,9-/m1/s1. The van der Waals surface area contributed by atoms with Crippen molar-refractivity contribution in [3.63, 3.8) is 0 Å². The highest BCUT2D eigenvalue weighted by Gasteiger charge is 2.55. The Morgan fingerprint density at radius 1 is 1.25 bits per heavy atom. The minimum absolute atomic E-state index is 0.228. The molecule has 0 saturated carbocycles. The molecule has 0 aromatic heterocycles. The van der Waals surface area contributed by atoms with E-state index in [4.69, 9.17) is 18.9 Å². The summed E-state index contributed by atoms with van der Waals surface area (Å²) in [7, 11) is 1.47. The summed E-state index contributed by atoms with van der Waals surface area (Å²) in [6.45, 7) is 3.33. The Morgan fingerprint density at radius 2 is 1.88 bits per heavy atom. The third-order valence-electron chi connectivity index (χ3n) is 2.90. The van der Waals surface area contributed by atoms with E-state index < -0.39 is 36.5 Å². The average Bonchev–Trinajstić information content (AvgIpc) is 2.52. The van der Waals surface area contributed by atoms with Gasteiger partial charge in [-0.25, -0.2) is 0 Å². The van der Waals surface area contributed by atoms with E-state index in [-0.39, 0.29) is 6.61 Å². The summed E-state index contributed by atoms with van der Waals surface area (Å²) in [5, 5.41) is 18.9. The molecule has 6 nitrogen and oxygen atoms in total. The van der Waals surface area contributed by atoms with E-state index in [0.717, 1.165) is 0 Å². The largest absolute Gasteiger partial charge is 0.394 e. The number of hydrogen-bond acceptors (Lipinski definition) is 6. The van der Waals surface area contributed by atoms with Crippen LogP contribution in [0.5, 0.6) is 0 Å². The van der Waals surface area contributed by atoms with Crippen LogP contribution in [0.15, 0.2) is 0 Å². The zero-order valence-electron chi connectivity index (χ0n) is 9.62. The average molecular weight is 234 g/mol. The van der Waals surface area contributed by atoms with E-state index in [2.05, 4.69) is 0 Å². The number of methoxy groups -OCH3 is 1. The smallest absolute Gasteiger partial charge is 0.184 e. The second kappa shape index (κ2) is 4.21. The maximum atomic E-state index is 9.69. The summed E-state index contributed by atoms with van der Waals surface area (Å²) in [5.41, 5.74) is 0. The van der Waals surface area contributed by atoms with Gasteiger partial charge in [-0.05, 0) is 13.8 Å². The molecule has 0 aliphatic carbocycles. The van der Waals surface area contributed by atoms with Crippen LogP contribution in [-0.4, -0.2) is 60.4 Å². The molecule has 0 radical (unpaired) electrons. The molecule has 6 heteroatoms. The quantitative estimate of drug-likeness (QED) is 0.653. The molecule has 0 spiro atoms. The Morgan fingerprint density at radius 3 is 2.44 bits per heavy atom. The molecule has 0 aromatic rings. The Hall–Kier alpha value is -0.240. The van der Waals surface area contributed by atoms with Crippen molar-refractivity contribution in [2.45, 2.75) is 50.3 Å². The SMILES string of the molecule is CO[C@@H]1[C@H]2OC(C)(C)O[C@H]2[C@@H](CO)O[C@H]1O. The predicted molar refractivity (Wildman–Crippen MR) is 52.6 cm³/mol. The molecule has 2 heterocycles. The lowest BCUT2D eigenvalue weighted by Gasteiger charge is -2.38. The second-order valence-electron chi connectivity index (χ2n) is 4.51. The fourth-order valence-corrected chi connectivity index (χ4v) is 2.25. The monoisotopic (exact) mass is 234 g/mol. The number of aliphatic hydroxyl groups excluding tert-OH is 2. The number of fused-ring (bicyclic) bond motifs is 1. The molecule has 2 N–H and O–H groups in total. The van der Waals surface area contributed by atoms with Crippen LogP contribution in [0.1, 0.15) is 13.8 Å². The molecule has 94 valence electrons. The van der Waals surface area contributed by atoms with Crippen molar-refractivity contribution in [3.05, 3.63) is 0 Å². The van der Waals surface area contributed by atoms with E-state index in [1.54, 1.807) is 13.8 Å². The van der Waals surface area contributed by atoms with Crippen molar-refractivity contribution in [1.29, 1.82) is 0 Å². The van der Waals surface area contributed by atoms with Crippen LogP contribution in [0.2, 0.25) is 0 Å². The predicted octanol–water partition coefficient (Wildman–Crippen LogP) is -0.769. The van der Waals surface area contributed by atoms with Gasteiger partial charge < -0.3 is 29.2 Å². The first-order chi connectivity index (χ1) is 7.48. The number of rotatable bonds is 2. The van der Waals surface area contributed by atoms with E-state index in [9.17, 15) is 10.2 Å². The van der Waals surface area contributed by atoms with Crippen molar-refractivity contribution in [3.8, 4) is 0 Å². The fraction of sp³-hybridized carbons (Fsp3) is 1.00. The fourth-order valence-electron chi connectivity index (χ4n) is 2.25. The Balaban J connectivity index is 2.20. The Labute approximate surface area is 94.1 Å². The summed E-state index contributed by atoms with van der Waals surface area (Å²) in [6.07, 6.45) is -3.15. The van der Waals surface area contributed by atoms with Crippen LogP contribution in [-0.2, 0) is 18.9 Å². The van der Waals surface area contributed by atoms with Gasteiger partial charge in [-0.15, -0.1) is 0 Å². The lowest BCUT2D eigenvalue weighted by Crippen LogP contribution is -2.57. The lowest BCUT2D eigenvalue weighted by atomic mass is 9.99. The zero-order chi connectivity index (χ0) is 11.9. The highest BCUT2D eigenvalue weighted by atomic mass is 16.8. The molecule has 2 rings (SSSR count). The second-order valence-corrected chi connectivity index (χ2v) is 4.51. The number of aliphatic hydroxyl groups is 2. The zero-order valence-corrected chi connectivity index (χ0v) is 9.62. The minimum atomic E-state index is -1.11. The molecular weight excluding hydrogens is 216 g/mol. The van der Waals surface area contributed by atoms with Gasteiger partial charge in [0.25, 0.3) is 0 Å². The minimum Gasteiger partial charge on any atom is -0.394 e. The summed E-state index contributed by atoms with van der Waals surface area (Å²) in [4.78, 5) is 0. The van der Waals surface area contributed by atoms with Crippen LogP contribution in [0, 0.1) is 0 Å². The van der Waals surface area contributed by atoms with Crippen LogP contribution in [0.4, 0.5) is 0 Å². The third-order valence-corrected chi connectivity index (χ3v) is 2.90. The maximum absolute atomic E-state index is 9.69. The summed E-state index contributed by atoms with van der Waals surface area (Å²) < 4.78 is 21.7. The van der Waals surface area contributed by atoms with Gasteiger partial charge in [0, 0.05) is 7.11 Å². The summed E-state index contributed by atoms with van der Waals surface area (Å²) in [6, 6.07) is 0. The number of hydrogen-bond donors (Lipinski definition) is 2. The van der Waals surface area contributed by atoms with Gasteiger partial charge in [0.2, 0.25) is 0 Å². The summed E-state index contributed by atoms with van der Waals surface area (Å²) in [5.74, 6) is -0.757. The molecule has 0 bridgehead atoms. The van der Waals surface area contributed by atoms with Crippen molar-refractivity contribution < 1.29 is 29.2 Å². The molecule has 2 fully saturated rings. The van der Waals surface area contributed by atoms with Gasteiger partial charge in [-0.1, -0.05) is 0 Å². The van der Waals surface area contributed by atoms with E-state index >= 15 is 0 Å². The van der Waals surface area contributed by atoms with Crippen molar-refractivity contribution >= 4 is 0 Å². The molecular formula is C10H18O6. The molecule has 0 aromatic carbocycles. The topological polar surface area (TPSA) is 77.4 Å². The molecule has 16 heavy (non-hydrogen) atoms. The van der Waals surface area contributed by atoms with Gasteiger partial charge in [0.05, 0.1) is 6.61 Å². The van der Waals surface area contributed by atoms with Crippen molar-refractivity contribution in [1.82, 2.24) is 0 Å².